The van der Waals surface area contributed by atoms with E-state index < -0.39 is 5.97 Å². The lowest BCUT2D eigenvalue weighted by atomic mass is 10.1. The Balaban J connectivity index is 1.95. The minimum Gasteiger partial charge on any atom is -0.478 e. The molecule has 0 bridgehead atoms. The molecule has 0 radical (unpaired) electrons. The summed E-state index contributed by atoms with van der Waals surface area (Å²) in [7, 11) is 0. The number of pyridine rings is 1. The van der Waals surface area contributed by atoms with E-state index in [1.807, 2.05) is 6.92 Å². The Bertz CT molecular complexity index is 634. The Labute approximate surface area is 114 Å². The largest absolute Gasteiger partial charge is 0.478 e. The van der Waals surface area contributed by atoms with E-state index in [9.17, 15) is 9.90 Å². The molecule has 1 N–H and O–H groups in total. The normalized spacial score (nSPS) is 15.0. The summed E-state index contributed by atoms with van der Waals surface area (Å²) in [6.07, 6.45) is 3.83. The van der Waals surface area contributed by atoms with Gasteiger partial charge in [-0.15, -0.1) is 0 Å². The molecule has 0 unspecified atom stereocenters. The van der Waals surface area contributed by atoms with E-state index in [2.05, 4.69) is 9.97 Å². The lowest BCUT2D eigenvalue weighted by molar-refractivity contribution is 0.0685. The molecule has 1 saturated carbocycles. The van der Waals surface area contributed by atoms with Gasteiger partial charge in [-0.3, -0.25) is 0 Å². The molecule has 3 rings (SSSR count). The van der Waals surface area contributed by atoms with Crippen molar-refractivity contribution >= 4 is 27.7 Å². The van der Waals surface area contributed by atoms with E-state index in [1.165, 1.54) is 30.4 Å². The Morgan fingerprint density at radius 1 is 1.58 bits per heavy atom. The molecule has 0 spiro atoms. The molecule has 0 aromatic carbocycles. The van der Waals surface area contributed by atoms with Gasteiger partial charge < -0.3 is 9.84 Å². The first-order chi connectivity index (χ1) is 9.15. The number of aromatic carboxylic acids is 1. The zero-order valence-corrected chi connectivity index (χ0v) is 11.4. The summed E-state index contributed by atoms with van der Waals surface area (Å²) in [5.74, 6) is -0.326. The summed E-state index contributed by atoms with van der Waals surface area (Å²) in [5, 5.41) is 10.1. The molecule has 1 aliphatic rings. The molecule has 0 saturated heterocycles. The number of thiazole rings is 1. The standard InChI is InChI=1S/C13H14N2O3S/c1-7-15-11-10(6-18-5-8-2-3-8)9(13(16)17)4-14-12(11)19-7/h4,8H,2-3,5-6H2,1H3,(H,16,17). The zero-order valence-electron chi connectivity index (χ0n) is 10.5. The highest BCUT2D eigenvalue weighted by Crippen LogP contribution is 2.30. The van der Waals surface area contributed by atoms with Gasteiger partial charge >= 0.3 is 5.97 Å². The van der Waals surface area contributed by atoms with Gasteiger partial charge in [0, 0.05) is 18.4 Å². The molecular formula is C13H14N2O3S. The first-order valence-electron chi connectivity index (χ1n) is 6.21. The second-order valence-corrected chi connectivity index (χ2v) is 5.98. The van der Waals surface area contributed by atoms with Crippen LogP contribution >= 0.6 is 11.3 Å². The van der Waals surface area contributed by atoms with Crippen molar-refractivity contribution in [1.29, 1.82) is 0 Å². The van der Waals surface area contributed by atoms with Crippen molar-refractivity contribution in [2.24, 2.45) is 5.92 Å². The molecular weight excluding hydrogens is 264 g/mol. The first-order valence-corrected chi connectivity index (χ1v) is 7.03. The number of ether oxygens (including phenoxy) is 1. The number of carboxylic acids is 1. The van der Waals surface area contributed by atoms with Crippen LogP contribution in [0.15, 0.2) is 6.20 Å². The van der Waals surface area contributed by atoms with Gasteiger partial charge in [0.25, 0.3) is 0 Å². The number of hydrogen-bond donors (Lipinski definition) is 1. The van der Waals surface area contributed by atoms with Crippen LogP contribution < -0.4 is 0 Å². The topological polar surface area (TPSA) is 72.3 Å². The van der Waals surface area contributed by atoms with Crippen LogP contribution in [0.2, 0.25) is 0 Å². The summed E-state index contributed by atoms with van der Waals surface area (Å²) < 4.78 is 5.63. The maximum Gasteiger partial charge on any atom is 0.337 e. The third-order valence-electron chi connectivity index (χ3n) is 3.17. The molecule has 6 heteroatoms. The fourth-order valence-electron chi connectivity index (χ4n) is 1.97. The third kappa shape index (κ3) is 2.59. The van der Waals surface area contributed by atoms with Crippen molar-refractivity contribution in [2.75, 3.05) is 6.61 Å². The number of carboxylic acid groups (broad SMARTS) is 1. The quantitative estimate of drug-likeness (QED) is 0.910. The predicted octanol–water partition coefficient (Wildman–Crippen LogP) is 2.62. The van der Waals surface area contributed by atoms with Crippen molar-refractivity contribution in [3.63, 3.8) is 0 Å². The first kappa shape index (κ1) is 12.5. The second-order valence-electron chi connectivity index (χ2n) is 4.80. The van der Waals surface area contributed by atoms with Crippen LogP contribution in [-0.2, 0) is 11.3 Å². The van der Waals surface area contributed by atoms with Crippen LogP contribution in [-0.4, -0.2) is 27.7 Å². The molecule has 0 amide bonds. The minimum atomic E-state index is -0.981. The van der Waals surface area contributed by atoms with Crippen LogP contribution in [0.3, 0.4) is 0 Å². The number of nitrogens with zero attached hydrogens (tertiary/aromatic N) is 2. The number of carbonyl (C=O) groups is 1. The fraction of sp³-hybridized carbons (Fsp3) is 0.462. The molecule has 0 atom stereocenters. The molecule has 2 aromatic rings. The SMILES string of the molecule is Cc1nc2c(COCC3CC3)c(C(=O)O)cnc2s1. The molecule has 5 nitrogen and oxygen atoms in total. The predicted molar refractivity (Wildman–Crippen MR) is 71.5 cm³/mol. The monoisotopic (exact) mass is 278 g/mol. The van der Waals surface area contributed by atoms with Crippen molar-refractivity contribution in [3.8, 4) is 0 Å². The molecule has 2 aromatic heterocycles. The Hall–Kier alpha value is -1.53. The third-order valence-corrected chi connectivity index (χ3v) is 4.04. The van der Waals surface area contributed by atoms with Crippen molar-refractivity contribution in [1.82, 2.24) is 9.97 Å². The molecule has 1 fully saturated rings. The van der Waals surface area contributed by atoms with Gasteiger partial charge in [0.05, 0.1) is 17.2 Å². The highest BCUT2D eigenvalue weighted by Gasteiger charge is 2.22. The van der Waals surface area contributed by atoms with E-state index in [0.717, 1.165) is 9.84 Å². The van der Waals surface area contributed by atoms with E-state index in [4.69, 9.17) is 4.74 Å². The molecule has 1 aliphatic carbocycles. The highest BCUT2D eigenvalue weighted by molar-refractivity contribution is 7.18. The number of aryl methyl sites for hydroxylation is 1. The van der Waals surface area contributed by atoms with Gasteiger partial charge in [-0.1, -0.05) is 11.3 Å². The summed E-state index contributed by atoms with van der Waals surface area (Å²) in [4.78, 5) is 20.6. The number of rotatable bonds is 5. The van der Waals surface area contributed by atoms with Gasteiger partial charge in [0.2, 0.25) is 0 Å². The van der Waals surface area contributed by atoms with Gasteiger partial charge in [0.15, 0.2) is 0 Å². The van der Waals surface area contributed by atoms with Gasteiger partial charge in [0.1, 0.15) is 10.3 Å². The van der Waals surface area contributed by atoms with Crippen LogP contribution in [0.1, 0.15) is 33.8 Å². The summed E-state index contributed by atoms with van der Waals surface area (Å²) >= 11 is 1.47. The fourth-order valence-corrected chi connectivity index (χ4v) is 2.76. The average molecular weight is 278 g/mol. The van der Waals surface area contributed by atoms with Crippen molar-refractivity contribution in [3.05, 3.63) is 22.3 Å². The molecule has 100 valence electrons. The Morgan fingerprint density at radius 2 is 2.37 bits per heavy atom. The Kier molecular flexibility index (Phi) is 3.20. The van der Waals surface area contributed by atoms with Gasteiger partial charge in [-0.05, 0) is 25.7 Å². The van der Waals surface area contributed by atoms with E-state index in [0.29, 0.717) is 30.2 Å². The lowest BCUT2D eigenvalue weighted by Gasteiger charge is -2.07. The van der Waals surface area contributed by atoms with Gasteiger partial charge in [-0.2, -0.15) is 0 Å². The number of fused-ring (bicyclic) bond motifs is 1. The lowest BCUT2D eigenvalue weighted by Crippen LogP contribution is -2.07. The summed E-state index contributed by atoms with van der Waals surface area (Å²) in [6, 6.07) is 0. The smallest absolute Gasteiger partial charge is 0.337 e. The second kappa shape index (κ2) is 4.86. The van der Waals surface area contributed by atoms with Gasteiger partial charge in [-0.25, -0.2) is 14.8 Å². The van der Waals surface area contributed by atoms with Crippen LogP contribution in [0.4, 0.5) is 0 Å². The minimum absolute atomic E-state index is 0.189. The van der Waals surface area contributed by atoms with E-state index in [1.54, 1.807) is 0 Å². The molecule has 19 heavy (non-hydrogen) atoms. The van der Waals surface area contributed by atoms with E-state index >= 15 is 0 Å². The maximum absolute atomic E-state index is 11.3. The number of aromatic nitrogens is 2. The molecule has 2 heterocycles. The molecule has 0 aliphatic heterocycles. The maximum atomic E-state index is 11.3. The zero-order chi connectivity index (χ0) is 13.4. The van der Waals surface area contributed by atoms with Crippen LogP contribution in [0.25, 0.3) is 10.3 Å². The Morgan fingerprint density at radius 3 is 3.05 bits per heavy atom. The van der Waals surface area contributed by atoms with Crippen LogP contribution in [0, 0.1) is 12.8 Å². The van der Waals surface area contributed by atoms with Crippen LogP contribution in [0.5, 0.6) is 0 Å². The summed E-state index contributed by atoms with van der Waals surface area (Å²) in [6.45, 7) is 2.88. The number of hydrogen-bond acceptors (Lipinski definition) is 5. The van der Waals surface area contributed by atoms with Crippen molar-refractivity contribution in [2.45, 2.75) is 26.4 Å². The average Bonchev–Trinajstić information content (AvgIpc) is 3.09. The highest BCUT2D eigenvalue weighted by atomic mass is 32.1. The van der Waals surface area contributed by atoms with E-state index in [-0.39, 0.29) is 5.56 Å². The van der Waals surface area contributed by atoms with Crippen molar-refractivity contribution < 1.29 is 14.6 Å². The summed E-state index contributed by atoms with van der Waals surface area (Å²) in [5.41, 5.74) is 1.49.